The molecule has 0 aliphatic carbocycles. The second-order valence-electron chi connectivity index (χ2n) is 6.07. The first-order valence-corrected chi connectivity index (χ1v) is 7.76. The van der Waals surface area contributed by atoms with E-state index >= 15 is 0 Å². The van der Waals surface area contributed by atoms with Crippen molar-refractivity contribution in [2.45, 2.75) is 19.8 Å². The van der Waals surface area contributed by atoms with E-state index in [1.54, 1.807) is 12.1 Å². The molecule has 1 fully saturated rings. The van der Waals surface area contributed by atoms with Crippen molar-refractivity contribution < 1.29 is 9.18 Å². The van der Waals surface area contributed by atoms with Crippen molar-refractivity contribution >= 4 is 18.3 Å². The summed E-state index contributed by atoms with van der Waals surface area (Å²) >= 11 is 0. The topological polar surface area (TPSA) is 71.8 Å². The fourth-order valence-corrected chi connectivity index (χ4v) is 2.40. The highest BCUT2D eigenvalue weighted by atomic mass is 35.5. The van der Waals surface area contributed by atoms with Gasteiger partial charge in [0.2, 0.25) is 5.82 Å². The van der Waals surface area contributed by atoms with Gasteiger partial charge in [0.05, 0.1) is 5.69 Å². The van der Waals surface area contributed by atoms with Crippen molar-refractivity contribution in [1.82, 2.24) is 25.4 Å². The summed E-state index contributed by atoms with van der Waals surface area (Å²) < 4.78 is 15.0. The lowest BCUT2D eigenvalue weighted by Crippen LogP contribution is -2.48. The summed E-state index contributed by atoms with van der Waals surface area (Å²) in [5.74, 6) is 0.624. The SMILES string of the molecule is CC(C)c1nc(C(=O)NCC2CNC2)nn1-c1cccc(F)c1.Cl. The zero-order valence-electron chi connectivity index (χ0n) is 13.6. The molecule has 0 radical (unpaired) electrons. The molecule has 3 rings (SSSR count). The van der Waals surface area contributed by atoms with E-state index in [0.717, 1.165) is 13.1 Å². The first-order chi connectivity index (χ1) is 11.0. The van der Waals surface area contributed by atoms with E-state index in [4.69, 9.17) is 0 Å². The molecule has 1 aromatic heterocycles. The van der Waals surface area contributed by atoms with Crippen LogP contribution in [0.25, 0.3) is 5.69 Å². The summed E-state index contributed by atoms with van der Waals surface area (Å²) in [5, 5.41) is 10.3. The number of hydrogen-bond donors (Lipinski definition) is 2. The summed E-state index contributed by atoms with van der Waals surface area (Å²) in [4.78, 5) is 16.6. The van der Waals surface area contributed by atoms with Crippen LogP contribution in [-0.4, -0.2) is 40.3 Å². The Morgan fingerprint density at radius 1 is 1.46 bits per heavy atom. The minimum absolute atomic E-state index is 0. The van der Waals surface area contributed by atoms with E-state index < -0.39 is 0 Å². The molecule has 0 spiro atoms. The van der Waals surface area contributed by atoms with Gasteiger partial charge in [-0.05, 0) is 18.2 Å². The third-order valence-electron chi connectivity index (χ3n) is 3.82. The number of carbonyl (C=O) groups excluding carboxylic acids is 1. The number of halogens is 2. The van der Waals surface area contributed by atoms with Crippen molar-refractivity contribution in [2.75, 3.05) is 19.6 Å². The van der Waals surface area contributed by atoms with Gasteiger partial charge >= 0.3 is 0 Å². The van der Waals surface area contributed by atoms with E-state index in [-0.39, 0.29) is 35.9 Å². The molecule has 1 aliphatic heterocycles. The molecule has 1 aromatic carbocycles. The average molecular weight is 354 g/mol. The molecule has 2 N–H and O–H groups in total. The van der Waals surface area contributed by atoms with E-state index in [2.05, 4.69) is 20.7 Å². The Labute approximate surface area is 146 Å². The number of benzene rings is 1. The predicted octanol–water partition coefficient (Wildman–Crippen LogP) is 1.90. The highest BCUT2D eigenvalue weighted by Crippen LogP contribution is 2.18. The second-order valence-corrected chi connectivity index (χ2v) is 6.07. The number of hydrogen-bond acceptors (Lipinski definition) is 4. The molecule has 8 heteroatoms. The number of rotatable bonds is 5. The minimum atomic E-state index is -0.351. The Bertz CT molecular complexity index is 714. The maximum absolute atomic E-state index is 13.5. The Morgan fingerprint density at radius 3 is 2.79 bits per heavy atom. The van der Waals surface area contributed by atoms with Crippen molar-refractivity contribution in [1.29, 1.82) is 0 Å². The maximum atomic E-state index is 13.5. The van der Waals surface area contributed by atoms with Crippen LogP contribution in [-0.2, 0) is 0 Å². The van der Waals surface area contributed by atoms with Gasteiger partial charge in [-0.25, -0.2) is 14.1 Å². The molecule has 0 unspecified atom stereocenters. The number of carbonyl (C=O) groups is 1. The molecule has 6 nitrogen and oxygen atoms in total. The van der Waals surface area contributed by atoms with Crippen LogP contribution >= 0.6 is 12.4 Å². The molecule has 2 heterocycles. The van der Waals surface area contributed by atoms with Gasteiger partial charge < -0.3 is 10.6 Å². The van der Waals surface area contributed by atoms with Gasteiger partial charge in [-0.3, -0.25) is 4.79 Å². The molecule has 2 aromatic rings. The van der Waals surface area contributed by atoms with Crippen LogP contribution in [0.1, 0.15) is 36.2 Å². The first-order valence-electron chi connectivity index (χ1n) is 7.76. The van der Waals surface area contributed by atoms with Crippen LogP contribution < -0.4 is 10.6 Å². The quantitative estimate of drug-likeness (QED) is 0.861. The van der Waals surface area contributed by atoms with Crippen molar-refractivity contribution in [3.63, 3.8) is 0 Å². The molecule has 1 aliphatic rings. The van der Waals surface area contributed by atoms with Gasteiger partial charge in [-0.15, -0.1) is 17.5 Å². The van der Waals surface area contributed by atoms with Gasteiger partial charge in [-0.2, -0.15) is 0 Å². The lowest BCUT2D eigenvalue weighted by molar-refractivity contribution is 0.0932. The van der Waals surface area contributed by atoms with E-state index in [1.807, 2.05) is 13.8 Å². The van der Waals surface area contributed by atoms with Crippen molar-refractivity contribution in [3.8, 4) is 5.69 Å². The fourth-order valence-electron chi connectivity index (χ4n) is 2.40. The molecule has 0 saturated carbocycles. The van der Waals surface area contributed by atoms with Gasteiger partial charge in [-0.1, -0.05) is 19.9 Å². The smallest absolute Gasteiger partial charge is 0.290 e. The van der Waals surface area contributed by atoms with E-state index in [9.17, 15) is 9.18 Å². The lowest BCUT2D eigenvalue weighted by Gasteiger charge is -2.26. The monoisotopic (exact) mass is 353 g/mol. The summed E-state index contributed by atoms with van der Waals surface area (Å²) in [5.41, 5.74) is 0.559. The molecular weight excluding hydrogens is 333 g/mol. The van der Waals surface area contributed by atoms with E-state index in [1.165, 1.54) is 16.8 Å². The molecule has 0 atom stereocenters. The van der Waals surface area contributed by atoms with Crippen LogP contribution in [0.3, 0.4) is 0 Å². The Kier molecular flexibility index (Phi) is 5.90. The van der Waals surface area contributed by atoms with Crippen LogP contribution in [0.4, 0.5) is 4.39 Å². The molecule has 1 saturated heterocycles. The predicted molar refractivity (Wildman–Crippen MR) is 91.3 cm³/mol. The Balaban J connectivity index is 0.00000208. The van der Waals surface area contributed by atoms with Crippen LogP contribution in [0.2, 0.25) is 0 Å². The van der Waals surface area contributed by atoms with Crippen molar-refractivity contribution in [2.24, 2.45) is 5.92 Å². The summed E-state index contributed by atoms with van der Waals surface area (Å²) in [6.07, 6.45) is 0. The third kappa shape index (κ3) is 3.91. The number of nitrogens with one attached hydrogen (secondary N) is 2. The minimum Gasteiger partial charge on any atom is -0.349 e. The van der Waals surface area contributed by atoms with Crippen LogP contribution in [0.5, 0.6) is 0 Å². The number of nitrogens with zero attached hydrogens (tertiary/aromatic N) is 3. The summed E-state index contributed by atoms with van der Waals surface area (Å²) in [6.45, 7) is 6.37. The maximum Gasteiger partial charge on any atom is 0.290 e. The molecule has 1 amide bonds. The van der Waals surface area contributed by atoms with Crippen molar-refractivity contribution in [3.05, 3.63) is 41.7 Å². The molecule has 0 bridgehead atoms. The highest BCUT2D eigenvalue weighted by molar-refractivity contribution is 5.90. The Hall–Kier alpha value is -1.99. The third-order valence-corrected chi connectivity index (χ3v) is 3.82. The van der Waals surface area contributed by atoms with Gasteiger partial charge in [0.15, 0.2) is 0 Å². The lowest BCUT2D eigenvalue weighted by atomic mass is 10.0. The molecular formula is C16H21ClFN5O. The van der Waals surface area contributed by atoms with Gasteiger partial charge in [0.1, 0.15) is 11.6 Å². The second kappa shape index (κ2) is 7.72. The summed E-state index contributed by atoms with van der Waals surface area (Å²) in [7, 11) is 0. The zero-order valence-corrected chi connectivity index (χ0v) is 14.4. The summed E-state index contributed by atoms with van der Waals surface area (Å²) in [6, 6.07) is 6.10. The average Bonchev–Trinajstić information content (AvgIpc) is 2.91. The van der Waals surface area contributed by atoms with Gasteiger partial charge in [0, 0.05) is 31.5 Å². The Morgan fingerprint density at radius 2 is 2.21 bits per heavy atom. The van der Waals surface area contributed by atoms with E-state index in [0.29, 0.717) is 24.0 Å². The van der Waals surface area contributed by atoms with Gasteiger partial charge in [0.25, 0.3) is 5.91 Å². The fraction of sp³-hybridized carbons (Fsp3) is 0.438. The molecule has 130 valence electrons. The number of aromatic nitrogens is 3. The highest BCUT2D eigenvalue weighted by Gasteiger charge is 2.22. The zero-order chi connectivity index (χ0) is 16.4. The van der Waals surface area contributed by atoms with Crippen LogP contribution in [0, 0.1) is 11.7 Å². The van der Waals surface area contributed by atoms with Crippen LogP contribution in [0.15, 0.2) is 24.3 Å². The standard InChI is InChI=1S/C16H20FN5O.ClH/c1-10(2)15-20-14(16(23)19-9-11-7-18-8-11)21-22(15)13-5-3-4-12(17)6-13;/h3-6,10-11,18H,7-9H2,1-2H3,(H,19,23);1H. The first kappa shape index (κ1) is 18.4. The molecule has 24 heavy (non-hydrogen) atoms. The largest absolute Gasteiger partial charge is 0.349 e. The normalized spacial score (nSPS) is 14.2. The number of amides is 1.